The minimum Gasteiger partial charge on any atom is -0.478 e. The first-order chi connectivity index (χ1) is 9.31. The minimum absolute atomic E-state index is 0.562. The molecule has 0 unspecified atom stereocenters. The smallest absolute Gasteiger partial charge is 0.227 e. The van der Waals surface area contributed by atoms with Gasteiger partial charge in [-0.15, -0.1) is 0 Å². The van der Waals surface area contributed by atoms with Gasteiger partial charge < -0.3 is 15.4 Å². The summed E-state index contributed by atoms with van der Waals surface area (Å²) in [6.07, 6.45) is 0. The van der Waals surface area contributed by atoms with Crippen molar-refractivity contribution in [1.82, 2.24) is 9.97 Å². The number of anilines is 3. The molecule has 1 aromatic carbocycles. The van der Waals surface area contributed by atoms with E-state index in [4.69, 9.17) is 4.74 Å². The number of nitrogens with zero attached hydrogens (tertiary/aromatic N) is 2. The molecule has 0 aliphatic carbocycles. The zero-order chi connectivity index (χ0) is 13.5. The van der Waals surface area contributed by atoms with Gasteiger partial charge in [0, 0.05) is 18.3 Å². The van der Waals surface area contributed by atoms with Crippen LogP contribution >= 0.6 is 0 Å². The van der Waals surface area contributed by atoms with Gasteiger partial charge in [0.1, 0.15) is 5.82 Å². The Morgan fingerprint density at radius 1 is 1.11 bits per heavy atom. The van der Waals surface area contributed by atoms with Gasteiger partial charge in [-0.2, -0.15) is 9.97 Å². The van der Waals surface area contributed by atoms with E-state index in [-0.39, 0.29) is 0 Å². The molecule has 1 aromatic heterocycles. The van der Waals surface area contributed by atoms with E-state index in [0.29, 0.717) is 24.3 Å². The molecule has 0 radical (unpaired) electrons. The van der Waals surface area contributed by atoms with Gasteiger partial charge in [0.05, 0.1) is 6.61 Å². The van der Waals surface area contributed by atoms with Crippen LogP contribution in [-0.4, -0.2) is 23.1 Å². The van der Waals surface area contributed by atoms with Crippen molar-refractivity contribution >= 4 is 17.5 Å². The Morgan fingerprint density at radius 2 is 1.89 bits per heavy atom. The van der Waals surface area contributed by atoms with Crippen molar-refractivity contribution in [1.29, 1.82) is 0 Å². The van der Waals surface area contributed by atoms with E-state index in [1.54, 1.807) is 6.07 Å². The summed E-state index contributed by atoms with van der Waals surface area (Å²) in [6, 6.07) is 11.7. The average Bonchev–Trinajstić information content (AvgIpc) is 2.40. The number of hydrogen-bond donors (Lipinski definition) is 2. The second-order valence-corrected chi connectivity index (χ2v) is 3.87. The average molecular weight is 258 g/mol. The molecular weight excluding hydrogens is 240 g/mol. The van der Waals surface area contributed by atoms with Gasteiger partial charge in [0.2, 0.25) is 11.8 Å². The highest BCUT2D eigenvalue weighted by Crippen LogP contribution is 2.20. The second-order valence-electron chi connectivity index (χ2n) is 3.87. The maximum absolute atomic E-state index is 5.44. The van der Waals surface area contributed by atoms with Crippen molar-refractivity contribution in [3.8, 4) is 5.88 Å². The molecule has 5 nitrogen and oxygen atoms in total. The van der Waals surface area contributed by atoms with Crippen molar-refractivity contribution < 1.29 is 4.74 Å². The Hall–Kier alpha value is -2.30. The summed E-state index contributed by atoms with van der Waals surface area (Å²) in [4.78, 5) is 8.66. The molecule has 0 saturated heterocycles. The molecule has 2 N–H and O–H groups in total. The van der Waals surface area contributed by atoms with Crippen LogP contribution in [0, 0.1) is 0 Å². The van der Waals surface area contributed by atoms with Crippen molar-refractivity contribution in [2.75, 3.05) is 23.8 Å². The molecule has 2 aromatic rings. The third kappa shape index (κ3) is 3.84. The highest BCUT2D eigenvalue weighted by atomic mass is 16.5. The van der Waals surface area contributed by atoms with Crippen molar-refractivity contribution in [2.24, 2.45) is 0 Å². The molecule has 100 valence electrons. The lowest BCUT2D eigenvalue weighted by Crippen LogP contribution is -2.06. The third-order valence-corrected chi connectivity index (χ3v) is 2.38. The summed E-state index contributed by atoms with van der Waals surface area (Å²) < 4.78 is 5.44. The predicted octanol–water partition coefficient (Wildman–Crippen LogP) is 3.05. The third-order valence-electron chi connectivity index (χ3n) is 2.38. The standard InChI is InChI=1S/C14H18N4O/c1-3-15-14-17-12(10-13(18-14)19-4-2)16-11-8-6-5-7-9-11/h5-10H,3-4H2,1-2H3,(H2,15,16,17,18). The van der Waals surface area contributed by atoms with E-state index in [2.05, 4.69) is 20.6 Å². The van der Waals surface area contributed by atoms with Crippen molar-refractivity contribution in [2.45, 2.75) is 13.8 Å². The Balaban J connectivity index is 2.23. The van der Waals surface area contributed by atoms with E-state index < -0.39 is 0 Å². The lowest BCUT2D eigenvalue weighted by atomic mass is 10.3. The van der Waals surface area contributed by atoms with Crippen LogP contribution in [0.15, 0.2) is 36.4 Å². The second kappa shape index (κ2) is 6.58. The van der Waals surface area contributed by atoms with Crippen LogP contribution in [-0.2, 0) is 0 Å². The normalized spacial score (nSPS) is 10.0. The molecule has 0 atom stereocenters. The van der Waals surface area contributed by atoms with Crippen LogP contribution in [0.3, 0.4) is 0 Å². The van der Waals surface area contributed by atoms with Crippen LogP contribution in [0.5, 0.6) is 5.88 Å². The maximum atomic E-state index is 5.44. The summed E-state index contributed by atoms with van der Waals surface area (Å²) in [6.45, 7) is 5.27. The Labute approximate surface area is 113 Å². The van der Waals surface area contributed by atoms with Gasteiger partial charge in [0.25, 0.3) is 0 Å². The molecule has 0 saturated carbocycles. The number of benzene rings is 1. The lowest BCUT2D eigenvalue weighted by Gasteiger charge is -2.10. The molecule has 0 aliphatic rings. The Bertz CT molecular complexity index is 492. The van der Waals surface area contributed by atoms with E-state index in [9.17, 15) is 0 Å². The van der Waals surface area contributed by atoms with E-state index in [1.807, 2.05) is 44.2 Å². The van der Waals surface area contributed by atoms with Crippen LogP contribution < -0.4 is 15.4 Å². The fourth-order valence-corrected chi connectivity index (χ4v) is 1.62. The van der Waals surface area contributed by atoms with Crippen molar-refractivity contribution in [3.05, 3.63) is 36.4 Å². The van der Waals surface area contributed by atoms with Crippen LogP contribution in [0.25, 0.3) is 0 Å². The molecule has 0 amide bonds. The molecule has 2 rings (SSSR count). The minimum atomic E-state index is 0.562. The topological polar surface area (TPSA) is 59.1 Å². The predicted molar refractivity (Wildman–Crippen MR) is 77.1 cm³/mol. The summed E-state index contributed by atoms with van der Waals surface area (Å²) in [5, 5.41) is 6.32. The van der Waals surface area contributed by atoms with E-state index in [0.717, 1.165) is 12.2 Å². The quantitative estimate of drug-likeness (QED) is 0.834. The van der Waals surface area contributed by atoms with Crippen LogP contribution in [0.4, 0.5) is 17.5 Å². The first-order valence-electron chi connectivity index (χ1n) is 6.39. The maximum Gasteiger partial charge on any atom is 0.227 e. The molecule has 1 heterocycles. The zero-order valence-corrected chi connectivity index (χ0v) is 11.2. The van der Waals surface area contributed by atoms with Gasteiger partial charge >= 0.3 is 0 Å². The number of para-hydroxylation sites is 1. The van der Waals surface area contributed by atoms with Crippen LogP contribution in [0.1, 0.15) is 13.8 Å². The van der Waals surface area contributed by atoms with Gasteiger partial charge in [-0.25, -0.2) is 0 Å². The summed E-state index contributed by atoms with van der Waals surface area (Å²) in [5.74, 6) is 1.83. The van der Waals surface area contributed by atoms with Crippen molar-refractivity contribution in [3.63, 3.8) is 0 Å². The molecule has 0 bridgehead atoms. The SMILES string of the molecule is CCNc1nc(Nc2ccccc2)cc(OCC)n1. The van der Waals surface area contributed by atoms with E-state index in [1.165, 1.54) is 0 Å². The number of hydrogen-bond acceptors (Lipinski definition) is 5. The van der Waals surface area contributed by atoms with Gasteiger partial charge in [-0.3, -0.25) is 0 Å². The Morgan fingerprint density at radius 3 is 2.58 bits per heavy atom. The number of nitrogens with one attached hydrogen (secondary N) is 2. The van der Waals surface area contributed by atoms with Crippen LogP contribution in [0.2, 0.25) is 0 Å². The molecule has 0 spiro atoms. The van der Waals surface area contributed by atoms with Gasteiger partial charge in [-0.05, 0) is 26.0 Å². The monoisotopic (exact) mass is 258 g/mol. The first-order valence-corrected chi connectivity index (χ1v) is 6.39. The van der Waals surface area contributed by atoms with Gasteiger partial charge in [-0.1, -0.05) is 18.2 Å². The lowest BCUT2D eigenvalue weighted by molar-refractivity contribution is 0.327. The summed E-state index contributed by atoms with van der Waals surface area (Å²) in [7, 11) is 0. The number of ether oxygens (including phenoxy) is 1. The highest BCUT2D eigenvalue weighted by Gasteiger charge is 2.05. The summed E-state index contributed by atoms with van der Waals surface area (Å²) >= 11 is 0. The van der Waals surface area contributed by atoms with Gasteiger partial charge in [0.15, 0.2) is 0 Å². The zero-order valence-electron chi connectivity index (χ0n) is 11.2. The molecule has 5 heteroatoms. The Kier molecular flexibility index (Phi) is 4.55. The first kappa shape index (κ1) is 13.1. The highest BCUT2D eigenvalue weighted by molar-refractivity contribution is 5.58. The largest absolute Gasteiger partial charge is 0.478 e. The van der Waals surface area contributed by atoms with E-state index >= 15 is 0 Å². The molecule has 0 fully saturated rings. The fraction of sp³-hybridized carbons (Fsp3) is 0.286. The molecular formula is C14H18N4O. The summed E-state index contributed by atoms with van der Waals surface area (Å²) in [5.41, 5.74) is 0.978. The molecule has 19 heavy (non-hydrogen) atoms. The number of rotatable bonds is 6. The number of aromatic nitrogens is 2. The molecule has 0 aliphatic heterocycles. The fourth-order valence-electron chi connectivity index (χ4n) is 1.62.